The lowest BCUT2D eigenvalue weighted by Crippen LogP contribution is -1.98. The Labute approximate surface area is 143 Å². The van der Waals surface area contributed by atoms with E-state index in [9.17, 15) is 0 Å². The quantitative estimate of drug-likeness (QED) is 0.370. The Kier molecular flexibility index (Phi) is 3.61. The third kappa shape index (κ3) is 2.49. The third-order valence-electron chi connectivity index (χ3n) is 5.08. The van der Waals surface area contributed by atoms with Crippen molar-refractivity contribution in [1.29, 1.82) is 0 Å². The van der Waals surface area contributed by atoms with Gasteiger partial charge in [0.1, 0.15) is 0 Å². The lowest BCUT2D eigenvalue weighted by molar-refractivity contribution is 1.13. The van der Waals surface area contributed by atoms with Gasteiger partial charge < -0.3 is 0 Å². The number of hydrogen-bond donors (Lipinski definition) is 0. The van der Waals surface area contributed by atoms with Gasteiger partial charge in [-0.1, -0.05) is 66.2 Å². The Morgan fingerprint density at radius 1 is 0.583 bits per heavy atom. The van der Waals surface area contributed by atoms with Gasteiger partial charge in [-0.05, 0) is 77.1 Å². The first-order chi connectivity index (χ1) is 11.6. The topological polar surface area (TPSA) is 0 Å². The molecule has 0 radical (unpaired) electrons. The molecule has 0 spiro atoms. The molecule has 0 aliphatic carbocycles. The molecule has 0 saturated carbocycles. The van der Waals surface area contributed by atoms with Crippen LogP contribution in [0, 0.1) is 20.8 Å². The third-order valence-corrected chi connectivity index (χ3v) is 5.08. The Balaban J connectivity index is 2.01. The fraction of sp³-hybridized carbons (Fsp3) is 0.167. The minimum absolute atomic E-state index is 0.986. The second-order valence-electron chi connectivity index (χ2n) is 6.85. The normalized spacial score (nSPS) is 11.3. The molecule has 0 nitrogen and oxygen atoms in total. The van der Waals surface area contributed by atoms with Gasteiger partial charge in [-0.15, -0.1) is 0 Å². The predicted octanol–water partition coefficient (Wildman–Crippen LogP) is 6.51. The van der Waals surface area contributed by atoms with Gasteiger partial charge in [-0.25, -0.2) is 0 Å². The van der Waals surface area contributed by atoms with Gasteiger partial charge in [0.2, 0.25) is 0 Å². The number of fused-ring (bicyclic) bond motifs is 2. The second-order valence-corrected chi connectivity index (χ2v) is 6.85. The zero-order valence-electron chi connectivity index (χ0n) is 14.6. The minimum atomic E-state index is 0.986. The molecular weight excluding hydrogens is 288 g/mol. The molecule has 0 saturated heterocycles. The molecule has 24 heavy (non-hydrogen) atoms. The number of hydrogen-bond acceptors (Lipinski definition) is 0. The van der Waals surface area contributed by atoms with Crippen LogP contribution in [0.15, 0.2) is 66.7 Å². The highest BCUT2D eigenvalue weighted by Gasteiger charge is 2.11. The predicted molar refractivity (Wildman–Crippen MR) is 105 cm³/mol. The maximum atomic E-state index is 2.31. The Bertz CT molecular complexity index is 977. The van der Waals surface area contributed by atoms with Crippen molar-refractivity contribution in [2.45, 2.75) is 27.2 Å². The van der Waals surface area contributed by atoms with Crippen LogP contribution in [0.1, 0.15) is 27.8 Å². The van der Waals surface area contributed by atoms with Gasteiger partial charge in [0.25, 0.3) is 0 Å². The minimum Gasteiger partial charge on any atom is -0.0616 e. The zero-order valence-corrected chi connectivity index (χ0v) is 14.6. The molecule has 0 heteroatoms. The van der Waals surface area contributed by atoms with Crippen LogP contribution in [-0.2, 0) is 6.42 Å². The monoisotopic (exact) mass is 310 g/mol. The standard InChI is InChI=1S/C24H22/c1-16-12-17(2)23(18(3)13-16)15-24-21-10-6-4-8-19(21)14-20-9-5-7-11-22(20)24/h4-14H,15H2,1-3H3. The number of aryl methyl sites for hydroxylation is 3. The molecule has 0 unspecified atom stereocenters. The molecule has 0 amide bonds. The van der Waals surface area contributed by atoms with Crippen LogP contribution < -0.4 is 0 Å². The van der Waals surface area contributed by atoms with Gasteiger partial charge in [0, 0.05) is 0 Å². The summed E-state index contributed by atoms with van der Waals surface area (Å²) in [5.74, 6) is 0. The van der Waals surface area contributed by atoms with Crippen LogP contribution in [0.25, 0.3) is 21.5 Å². The zero-order chi connectivity index (χ0) is 16.7. The van der Waals surface area contributed by atoms with Crippen molar-refractivity contribution in [3.63, 3.8) is 0 Å². The fourth-order valence-corrected chi connectivity index (χ4v) is 3.96. The molecule has 4 rings (SSSR count). The summed E-state index contributed by atoms with van der Waals surface area (Å²) < 4.78 is 0. The van der Waals surface area contributed by atoms with Crippen molar-refractivity contribution in [2.24, 2.45) is 0 Å². The van der Waals surface area contributed by atoms with E-state index in [0.717, 1.165) is 6.42 Å². The Morgan fingerprint density at radius 3 is 1.62 bits per heavy atom. The first-order valence-corrected chi connectivity index (χ1v) is 8.59. The maximum absolute atomic E-state index is 2.31. The molecule has 0 heterocycles. The summed E-state index contributed by atoms with van der Waals surface area (Å²) in [5.41, 5.74) is 7.03. The van der Waals surface area contributed by atoms with Gasteiger partial charge >= 0.3 is 0 Å². The Hall–Kier alpha value is -2.60. The van der Waals surface area contributed by atoms with E-state index >= 15 is 0 Å². The molecule has 0 aromatic heterocycles. The molecule has 4 aromatic rings. The summed E-state index contributed by atoms with van der Waals surface area (Å²) in [4.78, 5) is 0. The number of rotatable bonds is 2. The first kappa shape index (κ1) is 15.0. The molecule has 0 atom stereocenters. The molecule has 4 aromatic carbocycles. The van der Waals surface area contributed by atoms with Crippen molar-refractivity contribution < 1.29 is 0 Å². The molecular formula is C24H22. The lowest BCUT2D eigenvalue weighted by atomic mass is 9.89. The van der Waals surface area contributed by atoms with E-state index < -0.39 is 0 Å². The number of benzene rings is 4. The van der Waals surface area contributed by atoms with E-state index in [2.05, 4.69) is 87.5 Å². The summed E-state index contributed by atoms with van der Waals surface area (Å²) in [6, 6.07) is 24.4. The van der Waals surface area contributed by atoms with Gasteiger partial charge in [-0.2, -0.15) is 0 Å². The van der Waals surface area contributed by atoms with Crippen LogP contribution in [-0.4, -0.2) is 0 Å². The van der Waals surface area contributed by atoms with E-state index in [4.69, 9.17) is 0 Å². The smallest absolute Gasteiger partial charge is 0.000819 e. The van der Waals surface area contributed by atoms with Crippen molar-refractivity contribution in [3.8, 4) is 0 Å². The van der Waals surface area contributed by atoms with Crippen LogP contribution >= 0.6 is 0 Å². The van der Waals surface area contributed by atoms with Crippen LogP contribution in [0.3, 0.4) is 0 Å². The lowest BCUT2D eigenvalue weighted by Gasteiger charge is -2.16. The first-order valence-electron chi connectivity index (χ1n) is 8.59. The molecule has 0 bridgehead atoms. The van der Waals surface area contributed by atoms with E-state index in [0.29, 0.717) is 0 Å². The summed E-state index contributed by atoms with van der Waals surface area (Å²) in [5, 5.41) is 5.40. The maximum Gasteiger partial charge on any atom is -0.000819 e. The molecule has 0 aliphatic rings. The highest BCUT2D eigenvalue weighted by atomic mass is 14.2. The summed E-state index contributed by atoms with van der Waals surface area (Å²) in [6.07, 6.45) is 0.986. The average molecular weight is 310 g/mol. The highest BCUT2D eigenvalue weighted by Crippen LogP contribution is 2.31. The van der Waals surface area contributed by atoms with Gasteiger partial charge in [0.05, 0.1) is 0 Å². The fourth-order valence-electron chi connectivity index (χ4n) is 3.96. The van der Waals surface area contributed by atoms with E-state index in [1.165, 1.54) is 49.4 Å². The average Bonchev–Trinajstić information content (AvgIpc) is 2.57. The molecule has 0 aliphatic heterocycles. The van der Waals surface area contributed by atoms with E-state index in [1.54, 1.807) is 0 Å². The highest BCUT2D eigenvalue weighted by molar-refractivity contribution is 6.02. The van der Waals surface area contributed by atoms with Crippen molar-refractivity contribution in [2.75, 3.05) is 0 Å². The summed E-state index contributed by atoms with van der Waals surface area (Å²) in [7, 11) is 0. The largest absolute Gasteiger partial charge is 0.0616 e. The van der Waals surface area contributed by atoms with Gasteiger partial charge in [-0.3, -0.25) is 0 Å². The molecule has 0 N–H and O–H groups in total. The second kappa shape index (κ2) is 5.79. The van der Waals surface area contributed by atoms with Crippen LogP contribution in [0.4, 0.5) is 0 Å². The summed E-state index contributed by atoms with van der Waals surface area (Å²) >= 11 is 0. The molecule has 0 fully saturated rings. The van der Waals surface area contributed by atoms with Crippen molar-refractivity contribution in [1.82, 2.24) is 0 Å². The van der Waals surface area contributed by atoms with E-state index in [1.807, 2.05) is 0 Å². The summed E-state index contributed by atoms with van der Waals surface area (Å²) in [6.45, 7) is 6.66. The van der Waals surface area contributed by atoms with Crippen molar-refractivity contribution in [3.05, 3.63) is 94.5 Å². The Morgan fingerprint density at radius 2 is 1.08 bits per heavy atom. The SMILES string of the molecule is Cc1cc(C)c(Cc2c3ccccc3cc3ccccc23)c(C)c1. The van der Waals surface area contributed by atoms with Crippen LogP contribution in [0.5, 0.6) is 0 Å². The van der Waals surface area contributed by atoms with Gasteiger partial charge in [0.15, 0.2) is 0 Å². The van der Waals surface area contributed by atoms with Crippen molar-refractivity contribution >= 4 is 21.5 Å². The van der Waals surface area contributed by atoms with E-state index in [-0.39, 0.29) is 0 Å². The molecule has 118 valence electrons. The van der Waals surface area contributed by atoms with Crippen LogP contribution in [0.2, 0.25) is 0 Å².